The molecule has 0 aromatic carbocycles. The lowest BCUT2D eigenvalue weighted by Crippen LogP contribution is -2.13. The van der Waals surface area contributed by atoms with Crippen LogP contribution in [0.3, 0.4) is 0 Å². The maximum Gasteiger partial charge on any atom is 0.164 e. The highest BCUT2D eigenvalue weighted by Crippen LogP contribution is 2.21. The first-order chi connectivity index (χ1) is 8.16. The molecule has 17 heavy (non-hydrogen) atoms. The van der Waals surface area contributed by atoms with Gasteiger partial charge in [0, 0.05) is 20.3 Å². The molecular formula is C12H14IN3O. The van der Waals surface area contributed by atoms with Crippen molar-refractivity contribution in [2.75, 3.05) is 24.3 Å². The lowest BCUT2D eigenvalue weighted by Gasteiger charge is -2.16. The SMILES string of the molecule is CN(C)c1ncccc1NCc1ccc(I)o1. The number of rotatable bonds is 4. The van der Waals surface area contributed by atoms with Gasteiger partial charge in [-0.25, -0.2) is 4.98 Å². The maximum atomic E-state index is 5.50. The lowest BCUT2D eigenvalue weighted by atomic mass is 10.3. The molecule has 2 aromatic heterocycles. The van der Waals surface area contributed by atoms with E-state index in [4.69, 9.17) is 4.42 Å². The Morgan fingerprint density at radius 2 is 2.18 bits per heavy atom. The smallest absolute Gasteiger partial charge is 0.164 e. The van der Waals surface area contributed by atoms with Crippen LogP contribution in [0, 0.1) is 3.77 Å². The van der Waals surface area contributed by atoms with Crippen molar-refractivity contribution in [1.82, 2.24) is 4.98 Å². The summed E-state index contributed by atoms with van der Waals surface area (Å²) >= 11 is 2.16. The van der Waals surface area contributed by atoms with Crippen molar-refractivity contribution < 1.29 is 4.42 Å². The molecule has 0 saturated carbocycles. The zero-order valence-electron chi connectivity index (χ0n) is 9.77. The molecule has 5 heteroatoms. The summed E-state index contributed by atoms with van der Waals surface area (Å²) in [5, 5.41) is 3.32. The minimum Gasteiger partial charge on any atom is -0.454 e. The highest BCUT2D eigenvalue weighted by Gasteiger charge is 2.05. The molecule has 0 radical (unpaired) electrons. The zero-order valence-corrected chi connectivity index (χ0v) is 11.9. The Balaban J connectivity index is 2.08. The monoisotopic (exact) mass is 343 g/mol. The Morgan fingerprint density at radius 3 is 2.82 bits per heavy atom. The summed E-state index contributed by atoms with van der Waals surface area (Å²) in [6, 6.07) is 7.85. The van der Waals surface area contributed by atoms with E-state index in [-0.39, 0.29) is 0 Å². The van der Waals surface area contributed by atoms with Crippen molar-refractivity contribution in [1.29, 1.82) is 0 Å². The summed E-state index contributed by atoms with van der Waals surface area (Å²) in [4.78, 5) is 6.31. The van der Waals surface area contributed by atoms with E-state index < -0.39 is 0 Å². The summed E-state index contributed by atoms with van der Waals surface area (Å²) < 4.78 is 6.40. The zero-order chi connectivity index (χ0) is 12.3. The van der Waals surface area contributed by atoms with Gasteiger partial charge < -0.3 is 14.6 Å². The normalized spacial score (nSPS) is 10.3. The molecule has 0 aliphatic rings. The Morgan fingerprint density at radius 1 is 1.35 bits per heavy atom. The molecule has 2 heterocycles. The predicted molar refractivity (Wildman–Crippen MR) is 77.3 cm³/mol. The van der Waals surface area contributed by atoms with Gasteiger partial charge in [0.2, 0.25) is 0 Å². The molecule has 1 N–H and O–H groups in total. The average molecular weight is 343 g/mol. The van der Waals surface area contributed by atoms with Crippen LogP contribution in [0.4, 0.5) is 11.5 Å². The lowest BCUT2D eigenvalue weighted by molar-refractivity contribution is 0.493. The van der Waals surface area contributed by atoms with Gasteiger partial charge >= 0.3 is 0 Å². The van der Waals surface area contributed by atoms with E-state index in [1.807, 2.05) is 43.3 Å². The van der Waals surface area contributed by atoms with Crippen LogP contribution in [0.25, 0.3) is 0 Å². The summed E-state index contributed by atoms with van der Waals surface area (Å²) in [7, 11) is 3.95. The van der Waals surface area contributed by atoms with Crippen molar-refractivity contribution in [2.24, 2.45) is 0 Å². The number of nitrogens with zero attached hydrogens (tertiary/aromatic N) is 2. The number of aromatic nitrogens is 1. The van der Waals surface area contributed by atoms with Crippen LogP contribution in [0.2, 0.25) is 0 Å². The number of pyridine rings is 1. The molecule has 0 unspecified atom stereocenters. The number of furan rings is 1. The maximum absolute atomic E-state index is 5.50. The fourth-order valence-corrected chi connectivity index (χ4v) is 1.98. The molecule has 0 fully saturated rings. The van der Waals surface area contributed by atoms with E-state index in [9.17, 15) is 0 Å². The van der Waals surface area contributed by atoms with Gasteiger partial charge in [0.05, 0.1) is 12.2 Å². The number of hydrogen-bond acceptors (Lipinski definition) is 4. The number of nitrogens with one attached hydrogen (secondary N) is 1. The fourth-order valence-electron chi connectivity index (χ4n) is 1.52. The predicted octanol–water partition coefficient (Wildman–Crippen LogP) is 2.96. The van der Waals surface area contributed by atoms with Crippen LogP contribution in [0.15, 0.2) is 34.9 Å². The first-order valence-electron chi connectivity index (χ1n) is 5.27. The minimum absolute atomic E-state index is 0.662. The molecule has 0 amide bonds. The van der Waals surface area contributed by atoms with Crippen molar-refractivity contribution in [3.8, 4) is 0 Å². The summed E-state index contributed by atoms with van der Waals surface area (Å²) in [6.07, 6.45) is 1.79. The molecule has 0 atom stereocenters. The van der Waals surface area contributed by atoms with Crippen molar-refractivity contribution >= 4 is 34.1 Å². The second kappa shape index (κ2) is 5.39. The third-order valence-electron chi connectivity index (χ3n) is 2.29. The Hall–Kier alpha value is -1.24. The van der Waals surface area contributed by atoms with Crippen LogP contribution in [-0.2, 0) is 6.54 Å². The molecule has 0 spiro atoms. The van der Waals surface area contributed by atoms with E-state index in [0.29, 0.717) is 6.54 Å². The van der Waals surface area contributed by atoms with Crippen molar-refractivity contribution in [3.05, 3.63) is 40.0 Å². The second-order valence-corrected chi connectivity index (χ2v) is 4.89. The summed E-state index contributed by atoms with van der Waals surface area (Å²) in [5.41, 5.74) is 1.00. The second-order valence-electron chi connectivity index (χ2n) is 3.83. The molecule has 0 aliphatic heterocycles. The standard InChI is InChI=1S/C12H14IN3O/c1-16(2)12-10(4-3-7-14-12)15-8-9-5-6-11(13)17-9/h3-7,15H,8H2,1-2H3. The van der Waals surface area contributed by atoms with Gasteiger partial charge in [-0.3, -0.25) is 0 Å². The molecule has 2 aromatic rings. The van der Waals surface area contributed by atoms with Crippen LogP contribution < -0.4 is 10.2 Å². The van der Waals surface area contributed by atoms with E-state index in [1.54, 1.807) is 6.20 Å². The molecule has 4 nitrogen and oxygen atoms in total. The molecule has 90 valence electrons. The fraction of sp³-hybridized carbons (Fsp3) is 0.250. The Labute approximate surface area is 114 Å². The van der Waals surface area contributed by atoms with Gasteiger partial charge in [0.15, 0.2) is 9.58 Å². The van der Waals surface area contributed by atoms with Crippen LogP contribution in [0.1, 0.15) is 5.76 Å². The molecule has 0 bridgehead atoms. The van der Waals surface area contributed by atoms with E-state index in [1.165, 1.54) is 0 Å². The summed E-state index contributed by atoms with van der Waals surface area (Å²) in [5.74, 6) is 1.84. The average Bonchev–Trinajstić information content (AvgIpc) is 2.73. The van der Waals surface area contributed by atoms with Gasteiger partial charge in [-0.2, -0.15) is 0 Å². The largest absolute Gasteiger partial charge is 0.454 e. The Kier molecular flexibility index (Phi) is 3.88. The Bertz CT molecular complexity index is 496. The first kappa shape index (κ1) is 12.2. The topological polar surface area (TPSA) is 41.3 Å². The number of anilines is 2. The third-order valence-corrected chi connectivity index (χ3v) is 2.87. The molecule has 0 aliphatic carbocycles. The third kappa shape index (κ3) is 3.12. The van der Waals surface area contributed by atoms with Gasteiger partial charge in [-0.1, -0.05) is 0 Å². The minimum atomic E-state index is 0.662. The van der Waals surface area contributed by atoms with Gasteiger partial charge in [-0.05, 0) is 46.9 Å². The molecule has 2 rings (SSSR count). The highest BCUT2D eigenvalue weighted by molar-refractivity contribution is 14.1. The molecular weight excluding hydrogens is 329 g/mol. The van der Waals surface area contributed by atoms with Gasteiger partial charge in [-0.15, -0.1) is 0 Å². The van der Waals surface area contributed by atoms with Gasteiger partial charge in [0.1, 0.15) is 5.76 Å². The number of hydrogen-bond donors (Lipinski definition) is 1. The quantitative estimate of drug-likeness (QED) is 0.867. The van der Waals surface area contributed by atoms with Crippen LogP contribution in [-0.4, -0.2) is 19.1 Å². The van der Waals surface area contributed by atoms with E-state index in [2.05, 4.69) is 32.9 Å². The van der Waals surface area contributed by atoms with Gasteiger partial charge in [0.25, 0.3) is 0 Å². The van der Waals surface area contributed by atoms with E-state index >= 15 is 0 Å². The van der Waals surface area contributed by atoms with Crippen LogP contribution in [0.5, 0.6) is 0 Å². The van der Waals surface area contributed by atoms with E-state index in [0.717, 1.165) is 21.0 Å². The van der Waals surface area contributed by atoms with Crippen molar-refractivity contribution in [2.45, 2.75) is 6.54 Å². The van der Waals surface area contributed by atoms with Crippen LogP contribution >= 0.6 is 22.6 Å². The highest BCUT2D eigenvalue weighted by atomic mass is 127. The summed E-state index contributed by atoms with van der Waals surface area (Å²) in [6.45, 7) is 0.662. The molecule has 0 saturated heterocycles. The van der Waals surface area contributed by atoms with Crippen molar-refractivity contribution in [3.63, 3.8) is 0 Å². The number of halogens is 1. The first-order valence-corrected chi connectivity index (χ1v) is 6.35.